The van der Waals surface area contributed by atoms with E-state index < -0.39 is 0 Å². The van der Waals surface area contributed by atoms with Gasteiger partial charge >= 0.3 is 0 Å². The number of anilines is 1. The van der Waals surface area contributed by atoms with Gasteiger partial charge in [-0.05, 0) is 29.8 Å². The minimum atomic E-state index is 0. The molecule has 3 aromatic heterocycles. The summed E-state index contributed by atoms with van der Waals surface area (Å²) >= 11 is 0. The normalized spacial score (nSPS) is 9.80. The standard InChI is InChI=1S/C14H11N5.H3N/c15-13-12(10-1-5-16-6-2-10)9-18-14(19-13)11-3-7-17-8-4-11;/h1-9H,(H2,15,18,19);1H3. The molecule has 0 saturated heterocycles. The maximum Gasteiger partial charge on any atom is 0.161 e. The molecule has 0 fully saturated rings. The molecule has 0 unspecified atom stereocenters. The smallest absolute Gasteiger partial charge is 0.161 e. The van der Waals surface area contributed by atoms with Crippen LogP contribution in [0.15, 0.2) is 55.2 Å². The van der Waals surface area contributed by atoms with Crippen molar-refractivity contribution in [1.82, 2.24) is 26.1 Å². The van der Waals surface area contributed by atoms with Crippen LogP contribution in [0.2, 0.25) is 0 Å². The van der Waals surface area contributed by atoms with Gasteiger partial charge in [0.15, 0.2) is 5.82 Å². The molecular formula is C14H14N6. The van der Waals surface area contributed by atoms with Crippen LogP contribution in [0, 0.1) is 0 Å². The number of rotatable bonds is 2. The van der Waals surface area contributed by atoms with Crippen LogP contribution in [0.1, 0.15) is 0 Å². The largest absolute Gasteiger partial charge is 0.383 e. The molecule has 0 bridgehead atoms. The number of nitrogen functional groups attached to an aromatic ring is 1. The first kappa shape index (κ1) is 13.6. The Morgan fingerprint density at radius 2 is 1.35 bits per heavy atom. The van der Waals surface area contributed by atoms with E-state index in [1.807, 2.05) is 24.3 Å². The van der Waals surface area contributed by atoms with Gasteiger partial charge in [0, 0.05) is 42.1 Å². The molecule has 0 aromatic carbocycles. The second kappa shape index (κ2) is 5.85. The summed E-state index contributed by atoms with van der Waals surface area (Å²) in [6, 6.07) is 7.45. The summed E-state index contributed by atoms with van der Waals surface area (Å²) in [6.45, 7) is 0. The van der Waals surface area contributed by atoms with Crippen molar-refractivity contribution >= 4 is 5.82 Å². The lowest BCUT2D eigenvalue weighted by Gasteiger charge is -2.06. The highest BCUT2D eigenvalue weighted by atomic mass is 14.9. The van der Waals surface area contributed by atoms with Crippen molar-refractivity contribution in [3.63, 3.8) is 0 Å². The number of aromatic nitrogens is 4. The van der Waals surface area contributed by atoms with Crippen molar-refractivity contribution in [3.05, 3.63) is 55.2 Å². The summed E-state index contributed by atoms with van der Waals surface area (Å²) in [6.07, 6.45) is 8.56. The fourth-order valence-corrected chi connectivity index (χ4v) is 1.79. The predicted molar refractivity (Wildman–Crippen MR) is 77.9 cm³/mol. The second-order valence-electron chi connectivity index (χ2n) is 3.96. The van der Waals surface area contributed by atoms with Crippen LogP contribution in [0.4, 0.5) is 5.82 Å². The second-order valence-corrected chi connectivity index (χ2v) is 3.96. The van der Waals surface area contributed by atoms with Crippen LogP contribution >= 0.6 is 0 Å². The van der Waals surface area contributed by atoms with Crippen LogP contribution in [0.5, 0.6) is 0 Å². The van der Waals surface area contributed by atoms with Gasteiger partial charge in [-0.3, -0.25) is 9.97 Å². The molecule has 0 spiro atoms. The van der Waals surface area contributed by atoms with Crippen LogP contribution in [-0.4, -0.2) is 19.9 Å². The quantitative estimate of drug-likeness (QED) is 0.736. The fourth-order valence-electron chi connectivity index (χ4n) is 1.79. The van der Waals surface area contributed by atoms with Gasteiger partial charge in [0.05, 0.1) is 0 Å². The molecule has 5 N–H and O–H groups in total. The SMILES string of the molecule is N.Nc1nc(-c2ccncc2)ncc1-c1ccncc1. The average molecular weight is 266 g/mol. The van der Waals surface area contributed by atoms with E-state index in [0.717, 1.165) is 16.7 Å². The van der Waals surface area contributed by atoms with Crippen molar-refractivity contribution in [3.8, 4) is 22.5 Å². The third kappa shape index (κ3) is 2.60. The van der Waals surface area contributed by atoms with Crippen molar-refractivity contribution in [2.45, 2.75) is 0 Å². The average Bonchev–Trinajstić information content (AvgIpc) is 2.49. The summed E-state index contributed by atoms with van der Waals surface area (Å²) < 4.78 is 0. The van der Waals surface area contributed by atoms with Gasteiger partial charge < -0.3 is 11.9 Å². The van der Waals surface area contributed by atoms with E-state index >= 15 is 0 Å². The van der Waals surface area contributed by atoms with E-state index in [-0.39, 0.29) is 6.15 Å². The molecule has 100 valence electrons. The van der Waals surface area contributed by atoms with E-state index in [0.29, 0.717) is 11.6 Å². The van der Waals surface area contributed by atoms with Gasteiger partial charge in [0.1, 0.15) is 5.82 Å². The Kier molecular flexibility index (Phi) is 3.97. The topological polar surface area (TPSA) is 113 Å². The molecule has 0 aliphatic heterocycles. The summed E-state index contributed by atoms with van der Waals surface area (Å²) in [7, 11) is 0. The molecule has 0 amide bonds. The van der Waals surface area contributed by atoms with Gasteiger partial charge in [-0.1, -0.05) is 0 Å². The lowest BCUT2D eigenvalue weighted by Crippen LogP contribution is -1.98. The molecule has 0 radical (unpaired) electrons. The Hall–Kier alpha value is -2.86. The van der Waals surface area contributed by atoms with Gasteiger partial charge in [-0.15, -0.1) is 0 Å². The number of nitrogens with zero attached hydrogens (tertiary/aromatic N) is 4. The van der Waals surface area contributed by atoms with Gasteiger partial charge in [0.2, 0.25) is 0 Å². The monoisotopic (exact) mass is 266 g/mol. The van der Waals surface area contributed by atoms with Gasteiger partial charge in [-0.2, -0.15) is 0 Å². The summed E-state index contributed by atoms with van der Waals surface area (Å²) in [5, 5.41) is 0. The molecule has 20 heavy (non-hydrogen) atoms. The van der Waals surface area contributed by atoms with Crippen molar-refractivity contribution < 1.29 is 0 Å². The van der Waals surface area contributed by atoms with Gasteiger partial charge in [0.25, 0.3) is 0 Å². The zero-order chi connectivity index (χ0) is 13.1. The molecular weight excluding hydrogens is 252 g/mol. The summed E-state index contributed by atoms with van der Waals surface area (Å²) in [4.78, 5) is 16.6. The molecule has 3 heterocycles. The third-order valence-electron chi connectivity index (χ3n) is 2.75. The number of nitrogens with two attached hydrogens (primary N) is 1. The van der Waals surface area contributed by atoms with E-state index in [1.165, 1.54) is 0 Å². The van der Waals surface area contributed by atoms with E-state index in [9.17, 15) is 0 Å². The highest BCUT2D eigenvalue weighted by Crippen LogP contribution is 2.25. The minimum Gasteiger partial charge on any atom is -0.383 e. The first-order valence-electron chi connectivity index (χ1n) is 5.78. The lowest BCUT2D eigenvalue weighted by atomic mass is 10.1. The molecule has 6 nitrogen and oxygen atoms in total. The molecule has 0 aliphatic rings. The lowest BCUT2D eigenvalue weighted by molar-refractivity contribution is 1.18. The van der Waals surface area contributed by atoms with Crippen LogP contribution in [0.25, 0.3) is 22.5 Å². The zero-order valence-electron chi connectivity index (χ0n) is 10.8. The van der Waals surface area contributed by atoms with E-state index in [4.69, 9.17) is 5.73 Å². The summed E-state index contributed by atoms with van der Waals surface area (Å²) in [5.74, 6) is 1.05. The highest BCUT2D eigenvalue weighted by Gasteiger charge is 2.07. The van der Waals surface area contributed by atoms with E-state index in [1.54, 1.807) is 31.0 Å². The molecule has 0 atom stereocenters. The Morgan fingerprint density at radius 1 is 0.800 bits per heavy atom. The van der Waals surface area contributed by atoms with Gasteiger partial charge in [-0.25, -0.2) is 9.97 Å². The Balaban J connectivity index is 0.00000147. The van der Waals surface area contributed by atoms with Crippen molar-refractivity contribution in [1.29, 1.82) is 0 Å². The van der Waals surface area contributed by atoms with E-state index in [2.05, 4.69) is 19.9 Å². The van der Waals surface area contributed by atoms with Crippen LogP contribution in [-0.2, 0) is 0 Å². The first-order chi connectivity index (χ1) is 9.34. The predicted octanol–water partition coefficient (Wildman–Crippen LogP) is 2.34. The minimum absolute atomic E-state index is 0. The third-order valence-corrected chi connectivity index (χ3v) is 2.75. The van der Waals surface area contributed by atoms with Crippen molar-refractivity contribution in [2.24, 2.45) is 0 Å². The fraction of sp³-hybridized carbons (Fsp3) is 0. The Bertz CT molecular complexity index is 685. The molecule has 0 saturated carbocycles. The number of pyridine rings is 2. The Labute approximate surface area is 116 Å². The maximum atomic E-state index is 6.00. The number of hydrogen-bond acceptors (Lipinski definition) is 6. The number of hydrogen-bond donors (Lipinski definition) is 2. The molecule has 3 rings (SSSR count). The highest BCUT2D eigenvalue weighted by molar-refractivity contribution is 5.74. The molecule has 0 aliphatic carbocycles. The first-order valence-corrected chi connectivity index (χ1v) is 5.78. The van der Waals surface area contributed by atoms with Crippen molar-refractivity contribution in [2.75, 3.05) is 5.73 Å². The Morgan fingerprint density at radius 3 is 1.90 bits per heavy atom. The zero-order valence-corrected chi connectivity index (χ0v) is 10.8. The van der Waals surface area contributed by atoms with Crippen LogP contribution < -0.4 is 11.9 Å². The molecule has 3 aromatic rings. The summed E-state index contributed by atoms with van der Waals surface area (Å²) in [5.41, 5.74) is 8.65. The molecule has 6 heteroatoms. The maximum absolute atomic E-state index is 6.00. The van der Waals surface area contributed by atoms with Crippen LogP contribution in [0.3, 0.4) is 0 Å².